The van der Waals surface area contributed by atoms with E-state index >= 15 is 0 Å². The average molecular weight is 427 g/mol. The molecule has 7 nitrogen and oxygen atoms in total. The van der Waals surface area contributed by atoms with Gasteiger partial charge < -0.3 is 8.99 Å². The molecule has 2 aromatic heterocycles. The minimum atomic E-state index is -1.86. The Hall–Kier alpha value is -1.64. The van der Waals surface area contributed by atoms with E-state index in [9.17, 15) is 9.59 Å². The maximum Gasteiger partial charge on any atom is 0.332 e. The summed E-state index contributed by atoms with van der Waals surface area (Å²) in [6.07, 6.45) is 2.23. The van der Waals surface area contributed by atoms with Gasteiger partial charge >= 0.3 is 5.69 Å². The summed E-state index contributed by atoms with van der Waals surface area (Å²) < 4.78 is 10.5. The van der Waals surface area contributed by atoms with Crippen molar-refractivity contribution in [2.24, 2.45) is 0 Å². The molecule has 0 aliphatic carbocycles. The summed E-state index contributed by atoms with van der Waals surface area (Å²) in [5, 5.41) is 0.290. The molecule has 0 N–H and O–H groups in total. The van der Waals surface area contributed by atoms with Gasteiger partial charge in [0.1, 0.15) is 0 Å². The van der Waals surface area contributed by atoms with Crippen LogP contribution in [0.2, 0.25) is 23.4 Å². The Morgan fingerprint density at radius 2 is 1.86 bits per heavy atom. The predicted molar refractivity (Wildman–Crippen MR) is 117 cm³/mol. The summed E-state index contributed by atoms with van der Waals surface area (Å²) in [6.45, 7) is 18.0. The van der Waals surface area contributed by atoms with E-state index in [1.54, 1.807) is 10.6 Å². The number of rotatable bonds is 8. The highest BCUT2D eigenvalue weighted by molar-refractivity contribution is 6.74. The van der Waals surface area contributed by atoms with Crippen LogP contribution in [0.15, 0.2) is 22.2 Å². The molecule has 156 valence electrons. The Labute approximate surface area is 171 Å². The van der Waals surface area contributed by atoms with Crippen LogP contribution in [0.25, 0.3) is 11.2 Å². The zero-order valence-corrected chi connectivity index (χ0v) is 19.5. The third kappa shape index (κ3) is 4.18. The second-order valence-corrected chi connectivity index (χ2v) is 13.5. The molecule has 9 heteroatoms. The third-order valence-corrected chi connectivity index (χ3v) is 10.3. The second-order valence-electron chi connectivity index (χ2n) is 8.40. The predicted octanol–water partition coefficient (Wildman–Crippen LogP) is 3.63. The van der Waals surface area contributed by atoms with Crippen molar-refractivity contribution in [2.75, 3.05) is 6.61 Å². The number of fused-ring (bicyclic) bond motifs is 1. The number of hydrogen-bond donors (Lipinski definition) is 0. The first-order chi connectivity index (χ1) is 13.0. The van der Waals surface area contributed by atoms with Crippen molar-refractivity contribution in [1.82, 2.24) is 18.7 Å². The minimum Gasteiger partial charge on any atom is -0.417 e. The number of allylic oxidation sites excluding steroid dienone is 1. The molecule has 0 spiro atoms. The van der Waals surface area contributed by atoms with Gasteiger partial charge in [0, 0.05) is 26.2 Å². The normalized spacial score (nSPS) is 12.7. The fourth-order valence-corrected chi connectivity index (χ4v) is 4.13. The topological polar surface area (TPSA) is 71.1 Å². The second kappa shape index (κ2) is 8.38. The molecule has 0 aliphatic rings. The summed E-state index contributed by atoms with van der Waals surface area (Å²) in [4.78, 5) is 30.1. The number of aromatic nitrogens is 4. The Morgan fingerprint density at radius 1 is 1.21 bits per heavy atom. The Balaban J connectivity index is 2.37. The Kier molecular flexibility index (Phi) is 6.78. The van der Waals surface area contributed by atoms with Gasteiger partial charge in [0.15, 0.2) is 19.5 Å². The van der Waals surface area contributed by atoms with E-state index in [1.807, 2.05) is 6.92 Å². The van der Waals surface area contributed by atoms with Gasteiger partial charge in [0.25, 0.3) is 5.56 Å². The monoisotopic (exact) mass is 426 g/mol. The molecular formula is C19H31ClN4O3Si. The van der Waals surface area contributed by atoms with E-state index in [4.69, 9.17) is 16.0 Å². The molecule has 0 saturated carbocycles. The summed E-state index contributed by atoms with van der Waals surface area (Å²) in [5.74, 6) is 0. The van der Waals surface area contributed by atoms with E-state index in [2.05, 4.69) is 45.4 Å². The van der Waals surface area contributed by atoms with Crippen LogP contribution in [0.1, 0.15) is 34.1 Å². The summed E-state index contributed by atoms with van der Waals surface area (Å²) in [5.41, 5.74) is -0.0969. The summed E-state index contributed by atoms with van der Waals surface area (Å²) in [7, 11) is -1.86. The van der Waals surface area contributed by atoms with Gasteiger partial charge in [0.2, 0.25) is 5.28 Å². The molecule has 0 radical (unpaired) electrons. The van der Waals surface area contributed by atoms with Crippen LogP contribution in [0.5, 0.6) is 0 Å². The lowest BCUT2D eigenvalue weighted by Crippen LogP contribution is -2.42. The van der Waals surface area contributed by atoms with Crippen LogP contribution in [0.4, 0.5) is 0 Å². The Bertz CT molecular complexity index is 982. The zero-order chi connectivity index (χ0) is 21.3. The van der Waals surface area contributed by atoms with Gasteiger partial charge in [-0.2, -0.15) is 4.98 Å². The average Bonchev–Trinajstić information content (AvgIpc) is 2.90. The number of halogens is 1. The van der Waals surface area contributed by atoms with Crippen molar-refractivity contribution in [3.63, 3.8) is 0 Å². The molecule has 2 aromatic rings. The van der Waals surface area contributed by atoms with Crippen LogP contribution in [-0.2, 0) is 24.1 Å². The molecule has 28 heavy (non-hydrogen) atoms. The van der Waals surface area contributed by atoms with Crippen LogP contribution in [0.3, 0.4) is 0 Å². The van der Waals surface area contributed by atoms with E-state index in [0.717, 1.165) is 0 Å². The number of hydrogen-bond acceptors (Lipinski definition) is 4. The van der Waals surface area contributed by atoms with Crippen LogP contribution in [0, 0.1) is 0 Å². The fraction of sp³-hybridized carbons (Fsp3) is 0.632. The molecule has 0 unspecified atom stereocenters. The van der Waals surface area contributed by atoms with Crippen LogP contribution in [-0.4, -0.2) is 33.6 Å². The number of nitrogens with zero attached hydrogens (tertiary/aromatic N) is 4. The molecule has 0 aromatic carbocycles. The summed E-state index contributed by atoms with van der Waals surface area (Å²) in [6, 6.07) is 0. The van der Waals surface area contributed by atoms with E-state index in [0.29, 0.717) is 43.8 Å². The van der Waals surface area contributed by atoms with Gasteiger partial charge in [-0.05, 0) is 43.1 Å². The van der Waals surface area contributed by atoms with Crippen molar-refractivity contribution >= 4 is 31.1 Å². The van der Waals surface area contributed by atoms with Crippen LogP contribution < -0.4 is 11.2 Å². The van der Waals surface area contributed by atoms with Crippen molar-refractivity contribution < 1.29 is 4.43 Å². The van der Waals surface area contributed by atoms with Crippen molar-refractivity contribution in [1.29, 1.82) is 0 Å². The SMILES string of the molecule is C=CCn1c(Cl)nc2c1c(=O)n(CCCO[Si](C)(C)C(C)(C)C)c(=O)n2CC. The highest BCUT2D eigenvalue weighted by Crippen LogP contribution is 2.36. The number of imidazole rings is 1. The lowest BCUT2D eigenvalue weighted by Gasteiger charge is -2.36. The maximum absolute atomic E-state index is 13.0. The largest absolute Gasteiger partial charge is 0.417 e. The lowest BCUT2D eigenvalue weighted by molar-refractivity contribution is 0.273. The molecule has 2 heterocycles. The quantitative estimate of drug-likeness (QED) is 0.279. The van der Waals surface area contributed by atoms with Crippen LogP contribution >= 0.6 is 11.6 Å². The highest BCUT2D eigenvalue weighted by Gasteiger charge is 2.36. The van der Waals surface area contributed by atoms with E-state index in [-0.39, 0.29) is 21.6 Å². The van der Waals surface area contributed by atoms with Crippen molar-refractivity contribution in [3.05, 3.63) is 38.8 Å². The molecule has 0 atom stereocenters. The molecule has 0 saturated heterocycles. The van der Waals surface area contributed by atoms with Gasteiger partial charge in [-0.15, -0.1) is 6.58 Å². The molecular weight excluding hydrogens is 396 g/mol. The molecule has 2 rings (SSSR count). The van der Waals surface area contributed by atoms with Crippen molar-refractivity contribution in [3.8, 4) is 0 Å². The van der Waals surface area contributed by atoms with Gasteiger partial charge in [0.05, 0.1) is 0 Å². The fourth-order valence-electron chi connectivity index (χ4n) is 2.81. The minimum absolute atomic E-state index is 0.117. The maximum atomic E-state index is 13.0. The first kappa shape index (κ1) is 22.6. The standard InChI is InChI=1S/C19H31ClN4O3Si/c1-8-11-23-14-15(21-17(23)20)22(9-2)18(26)24(16(14)25)12-10-13-27-28(6,7)19(3,4)5/h8H,1,9-13H2,2-7H3. The summed E-state index contributed by atoms with van der Waals surface area (Å²) >= 11 is 6.20. The van der Waals surface area contributed by atoms with E-state index in [1.165, 1.54) is 9.13 Å². The number of aryl methyl sites for hydroxylation is 1. The van der Waals surface area contributed by atoms with Crippen molar-refractivity contribution in [2.45, 2.75) is 71.9 Å². The highest BCUT2D eigenvalue weighted by atomic mass is 35.5. The van der Waals surface area contributed by atoms with E-state index < -0.39 is 8.32 Å². The first-order valence-electron chi connectivity index (χ1n) is 9.60. The smallest absolute Gasteiger partial charge is 0.332 e. The van der Waals surface area contributed by atoms with Gasteiger partial charge in [-0.3, -0.25) is 13.9 Å². The van der Waals surface area contributed by atoms with Gasteiger partial charge in [-0.1, -0.05) is 26.8 Å². The zero-order valence-electron chi connectivity index (χ0n) is 17.7. The molecule has 0 aliphatic heterocycles. The van der Waals surface area contributed by atoms with Gasteiger partial charge in [-0.25, -0.2) is 4.79 Å². The third-order valence-electron chi connectivity index (χ3n) is 5.49. The molecule has 0 fully saturated rings. The first-order valence-corrected chi connectivity index (χ1v) is 12.9. The molecule has 0 amide bonds. The Morgan fingerprint density at radius 3 is 2.39 bits per heavy atom. The molecule has 0 bridgehead atoms. The lowest BCUT2D eigenvalue weighted by atomic mass is 10.2.